The molecule has 130 valence electrons. The van der Waals surface area contributed by atoms with E-state index in [0.29, 0.717) is 18.3 Å². The Bertz CT molecular complexity index is 815. The highest BCUT2D eigenvalue weighted by atomic mass is 32.1. The third-order valence-corrected chi connectivity index (χ3v) is 4.27. The highest BCUT2D eigenvalue weighted by Gasteiger charge is 2.13. The van der Waals surface area contributed by atoms with Crippen molar-refractivity contribution in [3.8, 4) is 16.5 Å². The lowest BCUT2D eigenvalue weighted by atomic mass is 10.3. The Kier molecular flexibility index (Phi) is 5.42. The lowest BCUT2D eigenvalue weighted by Gasteiger charge is -2.14. The van der Waals surface area contributed by atoms with Gasteiger partial charge in [0.2, 0.25) is 17.6 Å². The number of likely N-dealkylation sites (N-methyl/N-ethyl adjacent to an activating group) is 1. The molecule has 0 spiro atoms. The third kappa shape index (κ3) is 4.65. The molecule has 0 fully saturated rings. The molecule has 0 aliphatic carbocycles. The molecule has 25 heavy (non-hydrogen) atoms. The van der Waals surface area contributed by atoms with Crippen LogP contribution in [0.5, 0.6) is 5.75 Å². The minimum absolute atomic E-state index is 0.120. The van der Waals surface area contributed by atoms with E-state index in [-0.39, 0.29) is 12.5 Å². The SMILES string of the molecule is COc1ccc(NC(=O)CN(C)Cc2nc(-c3cccs3)no2)cc1. The molecule has 7 nitrogen and oxygen atoms in total. The summed E-state index contributed by atoms with van der Waals surface area (Å²) in [7, 11) is 3.42. The number of hydrogen-bond donors (Lipinski definition) is 1. The van der Waals surface area contributed by atoms with Crippen LogP contribution in [0, 0.1) is 0 Å². The monoisotopic (exact) mass is 358 g/mol. The van der Waals surface area contributed by atoms with E-state index in [9.17, 15) is 4.79 Å². The van der Waals surface area contributed by atoms with Gasteiger partial charge in [-0.3, -0.25) is 9.69 Å². The first kappa shape index (κ1) is 17.1. The van der Waals surface area contributed by atoms with Crippen LogP contribution in [-0.4, -0.2) is 41.6 Å². The van der Waals surface area contributed by atoms with E-state index in [1.54, 1.807) is 42.7 Å². The van der Waals surface area contributed by atoms with Crippen molar-refractivity contribution in [1.82, 2.24) is 15.0 Å². The molecular weight excluding hydrogens is 340 g/mol. The van der Waals surface area contributed by atoms with Gasteiger partial charge < -0.3 is 14.6 Å². The average molecular weight is 358 g/mol. The molecule has 3 rings (SSSR count). The molecule has 1 amide bonds. The third-order valence-electron chi connectivity index (χ3n) is 3.40. The predicted molar refractivity (Wildman–Crippen MR) is 95.6 cm³/mol. The van der Waals surface area contributed by atoms with Crippen molar-refractivity contribution < 1.29 is 14.1 Å². The van der Waals surface area contributed by atoms with Gasteiger partial charge >= 0.3 is 0 Å². The van der Waals surface area contributed by atoms with Gasteiger partial charge in [0.25, 0.3) is 0 Å². The van der Waals surface area contributed by atoms with Gasteiger partial charge in [0, 0.05) is 5.69 Å². The zero-order valence-corrected chi connectivity index (χ0v) is 14.7. The van der Waals surface area contributed by atoms with Crippen molar-refractivity contribution in [2.75, 3.05) is 26.0 Å². The fourth-order valence-electron chi connectivity index (χ4n) is 2.23. The normalized spacial score (nSPS) is 10.8. The van der Waals surface area contributed by atoms with Crippen molar-refractivity contribution in [1.29, 1.82) is 0 Å². The molecule has 0 bridgehead atoms. The fraction of sp³-hybridized carbons (Fsp3) is 0.235. The van der Waals surface area contributed by atoms with Crippen LogP contribution in [0.25, 0.3) is 10.7 Å². The lowest BCUT2D eigenvalue weighted by Crippen LogP contribution is -2.29. The van der Waals surface area contributed by atoms with Crippen molar-refractivity contribution in [2.24, 2.45) is 0 Å². The van der Waals surface area contributed by atoms with Crippen LogP contribution in [0.4, 0.5) is 5.69 Å². The van der Waals surface area contributed by atoms with Crippen LogP contribution >= 0.6 is 11.3 Å². The van der Waals surface area contributed by atoms with Crippen LogP contribution in [-0.2, 0) is 11.3 Å². The highest BCUT2D eigenvalue weighted by molar-refractivity contribution is 7.13. The molecule has 0 saturated carbocycles. The van der Waals surface area contributed by atoms with Gasteiger partial charge in [0.15, 0.2) is 0 Å². The number of nitrogens with one attached hydrogen (secondary N) is 1. The summed E-state index contributed by atoms with van der Waals surface area (Å²) in [5, 5.41) is 8.76. The topological polar surface area (TPSA) is 80.5 Å². The number of amides is 1. The van der Waals surface area contributed by atoms with E-state index >= 15 is 0 Å². The maximum atomic E-state index is 12.1. The number of methoxy groups -OCH3 is 1. The Labute approximate surface area is 149 Å². The number of carbonyl (C=O) groups is 1. The minimum Gasteiger partial charge on any atom is -0.497 e. The molecular formula is C17H18N4O3S. The molecule has 0 aliphatic rings. The molecule has 8 heteroatoms. The molecule has 0 unspecified atom stereocenters. The van der Waals surface area contributed by atoms with Crippen molar-refractivity contribution in [3.63, 3.8) is 0 Å². The average Bonchev–Trinajstić information content (AvgIpc) is 3.26. The van der Waals surface area contributed by atoms with Crippen molar-refractivity contribution in [2.45, 2.75) is 6.54 Å². The first-order chi connectivity index (χ1) is 12.1. The van der Waals surface area contributed by atoms with E-state index in [1.807, 2.05) is 29.5 Å². The summed E-state index contributed by atoms with van der Waals surface area (Å²) in [5.41, 5.74) is 0.719. The molecule has 2 aromatic heterocycles. The van der Waals surface area contributed by atoms with Gasteiger partial charge in [0.1, 0.15) is 5.75 Å². The Balaban J connectivity index is 1.51. The summed E-state index contributed by atoms with van der Waals surface area (Å²) in [5.74, 6) is 1.67. The molecule has 2 heterocycles. The molecule has 0 radical (unpaired) electrons. The Hall–Kier alpha value is -2.71. The quantitative estimate of drug-likeness (QED) is 0.699. The van der Waals surface area contributed by atoms with E-state index in [1.165, 1.54) is 0 Å². The smallest absolute Gasteiger partial charge is 0.241 e. The van der Waals surface area contributed by atoms with Gasteiger partial charge in [-0.1, -0.05) is 11.2 Å². The Morgan fingerprint density at radius 3 is 2.80 bits per heavy atom. The molecule has 1 aromatic carbocycles. The number of benzene rings is 1. The van der Waals surface area contributed by atoms with Crippen LogP contribution in [0.3, 0.4) is 0 Å². The number of ether oxygens (including phenoxy) is 1. The highest BCUT2D eigenvalue weighted by Crippen LogP contribution is 2.21. The van der Waals surface area contributed by atoms with Crippen LogP contribution < -0.4 is 10.1 Å². The van der Waals surface area contributed by atoms with E-state index in [4.69, 9.17) is 9.26 Å². The molecule has 0 saturated heterocycles. The summed E-state index contributed by atoms with van der Waals surface area (Å²) < 4.78 is 10.3. The van der Waals surface area contributed by atoms with E-state index in [2.05, 4.69) is 15.5 Å². The largest absolute Gasteiger partial charge is 0.497 e. The number of thiophene rings is 1. The van der Waals surface area contributed by atoms with Crippen molar-refractivity contribution in [3.05, 3.63) is 47.7 Å². The van der Waals surface area contributed by atoms with E-state index < -0.39 is 0 Å². The summed E-state index contributed by atoms with van der Waals surface area (Å²) in [4.78, 5) is 19.2. The standard InChI is InChI=1S/C17H18N4O3S/c1-21(10-15(22)18-12-5-7-13(23-2)8-6-12)11-16-19-17(20-24-16)14-4-3-9-25-14/h3-9H,10-11H2,1-2H3,(H,18,22). The van der Waals surface area contributed by atoms with Crippen molar-refractivity contribution >= 4 is 22.9 Å². The number of anilines is 1. The van der Waals surface area contributed by atoms with Crippen LogP contribution in [0.15, 0.2) is 46.3 Å². The second kappa shape index (κ2) is 7.91. The van der Waals surface area contributed by atoms with Gasteiger partial charge in [-0.25, -0.2) is 0 Å². The number of hydrogen-bond acceptors (Lipinski definition) is 7. The van der Waals surface area contributed by atoms with Gasteiger partial charge in [0.05, 0.1) is 25.1 Å². The second-order valence-corrected chi connectivity index (χ2v) is 6.39. The second-order valence-electron chi connectivity index (χ2n) is 5.44. The summed E-state index contributed by atoms with van der Waals surface area (Å²) in [6, 6.07) is 11.1. The van der Waals surface area contributed by atoms with E-state index in [0.717, 1.165) is 16.3 Å². The zero-order chi connectivity index (χ0) is 17.6. The van der Waals surface area contributed by atoms with Gasteiger partial charge in [-0.15, -0.1) is 11.3 Å². The Morgan fingerprint density at radius 1 is 1.32 bits per heavy atom. The maximum absolute atomic E-state index is 12.1. The minimum atomic E-state index is -0.120. The molecule has 0 aliphatic heterocycles. The molecule has 1 N–H and O–H groups in total. The van der Waals surface area contributed by atoms with Crippen LogP contribution in [0.1, 0.15) is 5.89 Å². The molecule has 0 atom stereocenters. The Morgan fingerprint density at radius 2 is 2.12 bits per heavy atom. The molecule has 3 aromatic rings. The summed E-state index contributed by atoms with van der Waals surface area (Å²) in [6.45, 7) is 0.608. The fourth-order valence-corrected chi connectivity index (χ4v) is 2.88. The lowest BCUT2D eigenvalue weighted by molar-refractivity contribution is -0.117. The first-order valence-electron chi connectivity index (χ1n) is 7.63. The zero-order valence-electron chi connectivity index (χ0n) is 13.9. The van der Waals surface area contributed by atoms with Gasteiger partial charge in [-0.2, -0.15) is 4.98 Å². The number of aromatic nitrogens is 2. The van der Waals surface area contributed by atoms with Gasteiger partial charge in [-0.05, 0) is 42.8 Å². The van der Waals surface area contributed by atoms with Crippen LogP contribution in [0.2, 0.25) is 0 Å². The first-order valence-corrected chi connectivity index (χ1v) is 8.51. The predicted octanol–water partition coefficient (Wildman–Crippen LogP) is 2.88. The number of nitrogens with zero attached hydrogens (tertiary/aromatic N) is 3. The summed E-state index contributed by atoms with van der Waals surface area (Å²) in [6.07, 6.45) is 0. The summed E-state index contributed by atoms with van der Waals surface area (Å²) >= 11 is 1.55. The number of carbonyl (C=O) groups excluding carboxylic acids is 1. The maximum Gasteiger partial charge on any atom is 0.241 e. The number of rotatable bonds is 7.